The van der Waals surface area contributed by atoms with E-state index in [1.165, 1.54) is 6.20 Å². The minimum atomic E-state index is -0.663. The van der Waals surface area contributed by atoms with Crippen LogP contribution >= 0.6 is 0 Å². The number of hydrogen-bond donors (Lipinski definition) is 4. The van der Waals surface area contributed by atoms with Gasteiger partial charge in [0.15, 0.2) is 5.69 Å². The Labute approximate surface area is 175 Å². The lowest BCUT2D eigenvalue weighted by molar-refractivity contribution is -0.119. The number of anilines is 3. The van der Waals surface area contributed by atoms with Gasteiger partial charge >= 0.3 is 0 Å². The number of fused-ring (bicyclic) bond motifs is 1. The number of nitrogens with zero attached hydrogens (tertiary/aromatic N) is 2. The zero-order valence-corrected chi connectivity index (χ0v) is 17.3. The molecule has 0 saturated carbocycles. The van der Waals surface area contributed by atoms with Gasteiger partial charge in [0.25, 0.3) is 5.91 Å². The SMILES string of the molecule is CC(C)(C)C[C@@H](Nc1cnc(C(N)=O)c(Nc2ccc3cccnc3c2)c1)C(N)=O. The van der Waals surface area contributed by atoms with Gasteiger partial charge in [-0.2, -0.15) is 0 Å². The Balaban J connectivity index is 1.92. The van der Waals surface area contributed by atoms with Crippen LogP contribution in [0.2, 0.25) is 0 Å². The summed E-state index contributed by atoms with van der Waals surface area (Å²) < 4.78 is 0. The Hall–Kier alpha value is -3.68. The van der Waals surface area contributed by atoms with E-state index in [4.69, 9.17) is 11.5 Å². The second-order valence-electron chi connectivity index (χ2n) is 8.38. The summed E-state index contributed by atoms with van der Waals surface area (Å²) in [6, 6.07) is 10.6. The molecule has 2 aromatic heterocycles. The van der Waals surface area contributed by atoms with Gasteiger partial charge in [0.05, 0.1) is 23.1 Å². The summed E-state index contributed by atoms with van der Waals surface area (Å²) >= 11 is 0. The van der Waals surface area contributed by atoms with Crippen LogP contribution in [-0.2, 0) is 4.79 Å². The molecule has 0 radical (unpaired) electrons. The molecule has 3 rings (SSSR count). The van der Waals surface area contributed by atoms with Crippen molar-refractivity contribution in [2.24, 2.45) is 16.9 Å². The molecule has 8 heteroatoms. The molecule has 156 valence electrons. The monoisotopic (exact) mass is 406 g/mol. The molecule has 1 aromatic carbocycles. The number of rotatable bonds is 7. The van der Waals surface area contributed by atoms with E-state index >= 15 is 0 Å². The summed E-state index contributed by atoms with van der Waals surface area (Å²) in [4.78, 5) is 32.3. The maximum Gasteiger partial charge on any atom is 0.269 e. The topological polar surface area (TPSA) is 136 Å². The Morgan fingerprint density at radius 3 is 2.50 bits per heavy atom. The van der Waals surface area contributed by atoms with Crippen molar-refractivity contribution in [1.29, 1.82) is 0 Å². The van der Waals surface area contributed by atoms with Crippen LogP contribution in [-0.4, -0.2) is 27.8 Å². The average molecular weight is 406 g/mol. The van der Waals surface area contributed by atoms with Gasteiger partial charge in [0.2, 0.25) is 5.91 Å². The summed E-state index contributed by atoms with van der Waals surface area (Å²) in [6.07, 6.45) is 3.72. The van der Waals surface area contributed by atoms with Crippen LogP contribution in [0.15, 0.2) is 48.8 Å². The lowest BCUT2D eigenvalue weighted by Gasteiger charge is -2.25. The number of amides is 2. The number of nitrogens with one attached hydrogen (secondary N) is 2. The molecule has 0 bridgehead atoms. The first-order valence-electron chi connectivity index (χ1n) is 9.60. The molecule has 0 aliphatic heterocycles. The molecule has 1 atom stereocenters. The van der Waals surface area contributed by atoms with E-state index in [-0.39, 0.29) is 11.1 Å². The molecule has 0 spiro atoms. The van der Waals surface area contributed by atoms with Gasteiger partial charge in [0.1, 0.15) is 6.04 Å². The fourth-order valence-corrected chi connectivity index (χ4v) is 3.17. The summed E-state index contributed by atoms with van der Waals surface area (Å²) in [5.41, 5.74) is 13.5. The molecule has 2 heterocycles. The molecule has 3 aromatic rings. The number of carbonyl (C=O) groups excluding carboxylic acids is 2. The molecule has 0 aliphatic rings. The highest BCUT2D eigenvalue weighted by molar-refractivity contribution is 5.98. The van der Waals surface area contributed by atoms with E-state index in [2.05, 4.69) is 20.6 Å². The zero-order valence-electron chi connectivity index (χ0n) is 17.3. The third-order valence-electron chi connectivity index (χ3n) is 4.51. The van der Waals surface area contributed by atoms with Gasteiger partial charge in [0, 0.05) is 17.3 Å². The molecule has 0 aliphatic carbocycles. The minimum Gasteiger partial charge on any atom is -0.372 e. The van der Waals surface area contributed by atoms with Crippen molar-refractivity contribution < 1.29 is 9.59 Å². The summed E-state index contributed by atoms with van der Waals surface area (Å²) in [5, 5.41) is 7.29. The third kappa shape index (κ3) is 5.22. The third-order valence-corrected chi connectivity index (χ3v) is 4.51. The Kier molecular flexibility index (Phi) is 5.86. The van der Waals surface area contributed by atoms with Gasteiger partial charge in [-0.3, -0.25) is 14.6 Å². The minimum absolute atomic E-state index is 0.0908. The smallest absolute Gasteiger partial charge is 0.269 e. The number of carbonyl (C=O) groups is 2. The highest BCUT2D eigenvalue weighted by Gasteiger charge is 2.23. The van der Waals surface area contributed by atoms with Crippen LogP contribution < -0.4 is 22.1 Å². The van der Waals surface area contributed by atoms with Gasteiger partial charge in [-0.05, 0) is 36.1 Å². The van der Waals surface area contributed by atoms with Crippen LogP contribution in [0.1, 0.15) is 37.7 Å². The van der Waals surface area contributed by atoms with Gasteiger partial charge < -0.3 is 22.1 Å². The van der Waals surface area contributed by atoms with E-state index in [0.717, 1.165) is 16.6 Å². The second-order valence-corrected chi connectivity index (χ2v) is 8.38. The highest BCUT2D eigenvalue weighted by atomic mass is 16.1. The summed E-state index contributed by atoms with van der Waals surface area (Å²) in [7, 11) is 0. The molecule has 0 saturated heterocycles. The van der Waals surface area contributed by atoms with Crippen molar-refractivity contribution in [3.05, 3.63) is 54.5 Å². The number of pyridine rings is 2. The van der Waals surface area contributed by atoms with E-state index in [9.17, 15) is 9.59 Å². The van der Waals surface area contributed by atoms with Gasteiger partial charge in [-0.25, -0.2) is 4.98 Å². The van der Waals surface area contributed by atoms with Crippen LogP contribution in [0.4, 0.5) is 17.1 Å². The maximum atomic E-state index is 11.9. The van der Waals surface area contributed by atoms with Crippen molar-refractivity contribution in [2.75, 3.05) is 10.6 Å². The standard InChI is InChI=1S/C22H26N6O2/c1-22(2,3)11-18(20(23)29)28-15-10-17(19(21(24)30)26-12-15)27-14-7-6-13-5-4-8-25-16(13)9-14/h4-10,12,18,27-28H,11H2,1-3H3,(H2,23,29)(H2,24,30)/t18-/m1/s1. The Morgan fingerprint density at radius 1 is 1.07 bits per heavy atom. The number of nitrogens with two attached hydrogens (primary N) is 2. The van der Waals surface area contributed by atoms with Crippen LogP contribution in [0.3, 0.4) is 0 Å². The van der Waals surface area contributed by atoms with E-state index in [1.807, 2.05) is 51.1 Å². The zero-order chi connectivity index (χ0) is 21.9. The second kappa shape index (κ2) is 8.36. The van der Waals surface area contributed by atoms with Crippen molar-refractivity contribution in [3.63, 3.8) is 0 Å². The summed E-state index contributed by atoms with van der Waals surface area (Å²) in [6.45, 7) is 6.08. The number of aromatic nitrogens is 2. The van der Waals surface area contributed by atoms with Crippen molar-refractivity contribution in [2.45, 2.75) is 33.2 Å². The first kappa shape index (κ1) is 21.0. The van der Waals surface area contributed by atoms with E-state index < -0.39 is 17.9 Å². The largest absolute Gasteiger partial charge is 0.372 e. The maximum absolute atomic E-state index is 11.9. The fraction of sp³-hybridized carbons (Fsp3) is 0.273. The molecule has 30 heavy (non-hydrogen) atoms. The normalized spacial score (nSPS) is 12.4. The lowest BCUT2D eigenvalue weighted by Crippen LogP contribution is -2.38. The van der Waals surface area contributed by atoms with E-state index in [1.54, 1.807) is 12.3 Å². The highest BCUT2D eigenvalue weighted by Crippen LogP contribution is 2.27. The molecular formula is C22H26N6O2. The number of benzene rings is 1. The quantitative estimate of drug-likeness (QED) is 0.476. The van der Waals surface area contributed by atoms with Crippen LogP contribution in [0, 0.1) is 5.41 Å². The average Bonchev–Trinajstić information content (AvgIpc) is 2.66. The molecule has 6 N–H and O–H groups in total. The Bertz CT molecular complexity index is 1090. The van der Waals surface area contributed by atoms with Crippen LogP contribution in [0.5, 0.6) is 0 Å². The molecule has 0 unspecified atom stereocenters. The number of hydrogen-bond acceptors (Lipinski definition) is 6. The molecule has 2 amide bonds. The van der Waals surface area contributed by atoms with Gasteiger partial charge in [-0.15, -0.1) is 0 Å². The van der Waals surface area contributed by atoms with E-state index in [0.29, 0.717) is 17.8 Å². The lowest BCUT2D eigenvalue weighted by atomic mass is 9.88. The predicted molar refractivity (Wildman–Crippen MR) is 118 cm³/mol. The fourth-order valence-electron chi connectivity index (χ4n) is 3.17. The van der Waals surface area contributed by atoms with Crippen molar-refractivity contribution in [1.82, 2.24) is 9.97 Å². The predicted octanol–water partition coefficient (Wildman–Crippen LogP) is 3.17. The first-order valence-corrected chi connectivity index (χ1v) is 9.60. The van der Waals surface area contributed by atoms with Gasteiger partial charge in [-0.1, -0.05) is 32.9 Å². The first-order chi connectivity index (χ1) is 14.1. The molecule has 0 fully saturated rings. The van der Waals surface area contributed by atoms with Crippen molar-refractivity contribution >= 4 is 39.8 Å². The number of primary amides is 2. The summed E-state index contributed by atoms with van der Waals surface area (Å²) in [5.74, 6) is -1.12. The van der Waals surface area contributed by atoms with Crippen LogP contribution in [0.25, 0.3) is 10.9 Å². The Morgan fingerprint density at radius 2 is 1.83 bits per heavy atom. The van der Waals surface area contributed by atoms with Crippen molar-refractivity contribution in [3.8, 4) is 0 Å². The molecular weight excluding hydrogens is 380 g/mol. The molecule has 8 nitrogen and oxygen atoms in total.